The molecule has 6 heteroatoms. The number of halogens is 1. The maximum absolute atomic E-state index is 13.6. The van der Waals surface area contributed by atoms with E-state index in [2.05, 4.69) is 22.2 Å². The standard InChI is InChI=1S/C18H23FN4O/c1-3-4-13-23(2)17(24)16-10-12-21-18(22-16)20-11-9-14-7-5-6-8-15(14)19/h5-8,10,12H,3-4,9,11,13H2,1-2H3,(H,20,21,22). The zero-order valence-corrected chi connectivity index (χ0v) is 14.1. The quantitative estimate of drug-likeness (QED) is 0.808. The van der Waals surface area contributed by atoms with E-state index < -0.39 is 0 Å². The molecule has 0 saturated heterocycles. The highest BCUT2D eigenvalue weighted by atomic mass is 19.1. The Morgan fingerprint density at radius 1 is 1.29 bits per heavy atom. The minimum absolute atomic E-state index is 0.122. The average Bonchev–Trinajstić information content (AvgIpc) is 2.61. The van der Waals surface area contributed by atoms with Gasteiger partial charge >= 0.3 is 0 Å². The molecule has 1 heterocycles. The smallest absolute Gasteiger partial charge is 0.272 e. The molecule has 0 fully saturated rings. The summed E-state index contributed by atoms with van der Waals surface area (Å²) in [6.07, 6.45) is 4.06. The Labute approximate surface area is 141 Å². The van der Waals surface area contributed by atoms with Crippen LogP contribution in [0.1, 0.15) is 35.8 Å². The minimum atomic E-state index is -0.221. The summed E-state index contributed by atoms with van der Waals surface area (Å²) < 4.78 is 13.6. The molecule has 0 unspecified atom stereocenters. The Balaban J connectivity index is 1.93. The number of rotatable bonds is 8. The first-order valence-electron chi connectivity index (χ1n) is 8.17. The highest BCUT2D eigenvalue weighted by Gasteiger charge is 2.13. The summed E-state index contributed by atoms with van der Waals surface area (Å²) in [5.41, 5.74) is 0.994. The molecule has 0 spiro atoms. The Kier molecular flexibility index (Phi) is 6.66. The second kappa shape index (κ2) is 8.96. The van der Waals surface area contributed by atoms with Gasteiger partial charge in [-0.2, -0.15) is 0 Å². The van der Waals surface area contributed by atoms with Gasteiger partial charge in [-0.25, -0.2) is 14.4 Å². The lowest BCUT2D eigenvalue weighted by molar-refractivity contribution is 0.0787. The number of aromatic nitrogens is 2. The molecule has 0 aliphatic rings. The third-order valence-electron chi connectivity index (χ3n) is 3.70. The van der Waals surface area contributed by atoms with Gasteiger partial charge in [-0.1, -0.05) is 31.5 Å². The summed E-state index contributed by atoms with van der Waals surface area (Å²) in [5.74, 6) is 0.0331. The Bertz CT molecular complexity index is 678. The van der Waals surface area contributed by atoms with Gasteiger partial charge in [0, 0.05) is 26.3 Å². The van der Waals surface area contributed by atoms with Gasteiger partial charge in [0.2, 0.25) is 5.95 Å². The molecule has 2 rings (SSSR count). The van der Waals surface area contributed by atoms with Crippen molar-refractivity contribution in [1.29, 1.82) is 0 Å². The lowest BCUT2D eigenvalue weighted by Gasteiger charge is -2.16. The Hall–Kier alpha value is -2.50. The van der Waals surface area contributed by atoms with Crippen molar-refractivity contribution in [3.63, 3.8) is 0 Å². The van der Waals surface area contributed by atoms with E-state index >= 15 is 0 Å². The van der Waals surface area contributed by atoms with E-state index in [-0.39, 0.29) is 11.7 Å². The fourth-order valence-corrected chi connectivity index (χ4v) is 2.27. The van der Waals surface area contributed by atoms with Crippen molar-refractivity contribution in [3.05, 3.63) is 53.6 Å². The summed E-state index contributed by atoms with van der Waals surface area (Å²) in [7, 11) is 1.77. The summed E-state index contributed by atoms with van der Waals surface area (Å²) in [6.45, 7) is 3.28. The molecule has 0 aliphatic heterocycles. The van der Waals surface area contributed by atoms with Crippen LogP contribution in [0.15, 0.2) is 36.5 Å². The van der Waals surface area contributed by atoms with E-state index in [1.807, 2.05) is 0 Å². The molecule has 5 nitrogen and oxygen atoms in total. The van der Waals surface area contributed by atoms with Crippen LogP contribution in [-0.2, 0) is 6.42 Å². The first-order chi connectivity index (χ1) is 11.6. The highest BCUT2D eigenvalue weighted by molar-refractivity contribution is 5.92. The van der Waals surface area contributed by atoms with Crippen LogP contribution >= 0.6 is 0 Å². The number of amides is 1. The molecule has 0 aliphatic carbocycles. The number of unbranched alkanes of at least 4 members (excludes halogenated alkanes) is 1. The molecule has 128 valence electrons. The highest BCUT2D eigenvalue weighted by Crippen LogP contribution is 2.08. The van der Waals surface area contributed by atoms with Crippen LogP contribution in [0.25, 0.3) is 0 Å². The van der Waals surface area contributed by atoms with E-state index in [0.717, 1.165) is 12.8 Å². The molecule has 1 N–H and O–H groups in total. The zero-order chi connectivity index (χ0) is 17.4. The number of hydrogen-bond donors (Lipinski definition) is 1. The summed E-state index contributed by atoms with van der Waals surface area (Å²) >= 11 is 0. The predicted molar refractivity (Wildman–Crippen MR) is 92.5 cm³/mol. The van der Waals surface area contributed by atoms with Crippen LogP contribution in [0.2, 0.25) is 0 Å². The van der Waals surface area contributed by atoms with E-state index in [9.17, 15) is 9.18 Å². The number of nitrogens with zero attached hydrogens (tertiary/aromatic N) is 3. The number of carbonyl (C=O) groups is 1. The second-order valence-corrected chi connectivity index (χ2v) is 5.61. The fraction of sp³-hybridized carbons (Fsp3) is 0.389. The van der Waals surface area contributed by atoms with Crippen LogP contribution in [0, 0.1) is 5.82 Å². The number of carbonyl (C=O) groups excluding carboxylic acids is 1. The molecule has 2 aromatic rings. The zero-order valence-electron chi connectivity index (χ0n) is 14.1. The van der Waals surface area contributed by atoms with Gasteiger partial charge in [-0.05, 0) is 30.5 Å². The van der Waals surface area contributed by atoms with Crippen molar-refractivity contribution in [1.82, 2.24) is 14.9 Å². The molecule has 0 atom stereocenters. The number of anilines is 1. The van der Waals surface area contributed by atoms with Crippen LogP contribution < -0.4 is 5.32 Å². The molecule has 1 aromatic heterocycles. The van der Waals surface area contributed by atoms with E-state index in [1.165, 1.54) is 6.07 Å². The van der Waals surface area contributed by atoms with Crippen molar-refractivity contribution < 1.29 is 9.18 Å². The summed E-state index contributed by atoms with van der Waals surface area (Å²) in [5, 5.41) is 3.04. The molecule has 24 heavy (non-hydrogen) atoms. The fourth-order valence-electron chi connectivity index (χ4n) is 2.27. The molecule has 1 aromatic carbocycles. The molecule has 0 saturated carbocycles. The van der Waals surface area contributed by atoms with E-state index in [4.69, 9.17) is 0 Å². The van der Waals surface area contributed by atoms with Gasteiger partial charge < -0.3 is 10.2 Å². The largest absolute Gasteiger partial charge is 0.354 e. The van der Waals surface area contributed by atoms with Crippen molar-refractivity contribution in [3.8, 4) is 0 Å². The lowest BCUT2D eigenvalue weighted by atomic mass is 10.1. The van der Waals surface area contributed by atoms with Crippen LogP contribution in [0.5, 0.6) is 0 Å². The van der Waals surface area contributed by atoms with Gasteiger partial charge in [-0.15, -0.1) is 0 Å². The third-order valence-corrected chi connectivity index (χ3v) is 3.70. The number of hydrogen-bond acceptors (Lipinski definition) is 4. The normalized spacial score (nSPS) is 10.5. The van der Waals surface area contributed by atoms with Crippen molar-refractivity contribution in [2.75, 3.05) is 25.5 Å². The van der Waals surface area contributed by atoms with Crippen LogP contribution in [0.4, 0.5) is 10.3 Å². The molecular formula is C18H23FN4O. The van der Waals surface area contributed by atoms with Crippen molar-refractivity contribution in [2.24, 2.45) is 0 Å². The van der Waals surface area contributed by atoms with Crippen molar-refractivity contribution >= 4 is 11.9 Å². The maximum Gasteiger partial charge on any atom is 0.272 e. The van der Waals surface area contributed by atoms with Crippen molar-refractivity contribution in [2.45, 2.75) is 26.2 Å². The Morgan fingerprint density at radius 2 is 2.08 bits per heavy atom. The second-order valence-electron chi connectivity index (χ2n) is 5.61. The number of benzene rings is 1. The third kappa shape index (κ3) is 5.01. The first kappa shape index (κ1) is 17.8. The van der Waals surface area contributed by atoms with Gasteiger partial charge in [-0.3, -0.25) is 4.79 Å². The topological polar surface area (TPSA) is 58.1 Å². The van der Waals surface area contributed by atoms with E-state index in [1.54, 1.807) is 42.4 Å². The molecule has 1 amide bonds. The minimum Gasteiger partial charge on any atom is -0.354 e. The average molecular weight is 330 g/mol. The molecule has 0 bridgehead atoms. The van der Waals surface area contributed by atoms with Crippen LogP contribution in [-0.4, -0.2) is 40.9 Å². The lowest BCUT2D eigenvalue weighted by Crippen LogP contribution is -2.28. The SMILES string of the molecule is CCCCN(C)C(=O)c1ccnc(NCCc2ccccc2F)n1. The van der Waals surface area contributed by atoms with Crippen LogP contribution in [0.3, 0.4) is 0 Å². The van der Waals surface area contributed by atoms with Gasteiger partial charge in [0.25, 0.3) is 5.91 Å². The first-order valence-corrected chi connectivity index (χ1v) is 8.17. The van der Waals surface area contributed by atoms with Gasteiger partial charge in [0.05, 0.1) is 0 Å². The Morgan fingerprint density at radius 3 is 2.83 bits per heavy atom. The number of nitrogens with one attached hydrogen (secondary N) is 1. The van der Waals surface area contributed by atoms with Gasteiger partial charge in [0.1, 0.15) is 11.5 Å². The van der Waals surface area contributed by atoms with E-state index in [0.29, 0.717) is 36.7 Å². The summed E-state index contributed by atoms with van der Waals surface area (Å²) in [4.78, 5) is 22.3. The molecule has 0 radical (unpaired) electrons. The maximum atomic E-state index is 13.6. The monoisotopic (exact) mass is 330 g/mol. The van der Waals surface area contributed by atoms with Gasteiger partial charge in [0.15, 0.2) is 0 Å². The summed E-state index contributed by atoms with van der Waals surface area (Å²) in [6, 6.07) is 8.27. The predicted octanol–water partition coefficient (Wildman–Crippen LogP) is 3.14. The molecular weight excluding hydrogens is 307 g/mol.